The molecular weight excluding hydrogens is 304 g/mol. The van der Waals surface area contributed by atoms with Crippen LogP contribution >= 0.6 is 0 Å². The van der Waals surface area contributed by atoms with E-state index in [4.69, 9.17) is 5.11 Å². The molecule has 0 aromatic heterocycles. The van der Waals surface area contributed by atoms with Gasteiger partial charge in [-0.05, 0) is 30.9 Å². The number of benzene rings is 1. The predicted octanol–water partition coefficient (Wildman–Crippen LogP) is 2.13. The zero-order chi connectivity index (χ0) is 16.0. The maximum absolute atomic E-state index is 13.4. The van der Waals surface area contributed by atoms with E-state index in [0.29, 0.717) is 18.9 Å². The molecule has 1 aromatic rings. The average Bonchev–Trinajstić information content (AvgIpc) is 2.35. The molecule has 0 aliphatic heterocycles. The number of sulfonamides is 1. The van der Waals surface area contributed by atoms with Crippen LogP contribution in [0.3, 0.4) is 0 Å². The molecule has 0 radical (unpaired) electrons. The molecule has 1 rings (SSSR count). The monoisotopic (exact) mass is 321 g/mol. The van der Waals surface area contributed by atoms with Gasteiger partial charge in [-0.1, -0.05) is 6.92 Å². The van der Waals surface area contributed by atoms with E-state index in [1.165, 1.54) is 0 Å². The first kappa shape index (κ1) is 17.5. The normalized spacial score (nSPS) is 13.1. The van der Waals surface area contributed by atoms with Crippen LogP contribution < -0.4 is 4.72 Å². The van der Waals surface area contributed by atoms with Crippen molar-refractivity contribution in [3.63, 3.8) is 0 Å². The molecule has 21 heavy (non-hydrogen) atoms. The van der Waals surface area contributed by atoms with E-state index in [-0.39, 0.29) is 18.9 Å². The second-order valence-corrected chi connectivity index (χ2v) is 6.53. The summed E-state index contributed by atoms with van der Waals surface area (Å²) in [6.07, 6.45) is 0.873. The number of nitrogens with one attached hydrogen (secondary N) is 1. The van der Waals surface area contributed by atoms with Crippen molar-refractivity contribution in [1.82, 2.24) is 4.72 Å². The van der Waals surface area contributed by atoms with Gasteiger partial charge < -0.3 is 5.11 Å². The summed E-state index contributed by atoms with van der Waals surface area (Å²) in [6, 6.07) is 2.23. The molecule has 0 bridgehead atoms. The van der Waals surface area contributed by atoms with Gasteiger partial charge >= 0.3 is 5.97 Å². The average molecular weight is 321 g/mol. The number of hydrogen-bond donors (Lipinski definition) is 2. The van der Waals surface area contributed by atoms with Gasteiger partial charge in [-0.15, -0.1) is 0 Å². The molecule has 0 spiro atoms. The van der Waals surface area contributed by atoms with E-state index < -0.39 is 32.5 Å². The highest BCUT2D eigenvalue weighted by molar-refractivity contribution is 7.89. The maximum atomic E-state index is 13.4. The van der Waals surface area contributed by atoms with Crippen LogP contribution in [0.1, 0.15) is 26.2 Å². The zero-order valence-electron chi connectivity index (χ0n) is 11.5. The van der Waals surface area contributed by atoms with Crippen molar-refractivity contribution in [2.45, 2.75) is 31.1 Å². The van der Waals surface area contributed by atoms with E-state index in [1.807, 2.05) is 0 Å². The predicted molar refractivity (Wildman–Crippen MR) is 72.2 cm³/mol. The number of halogens is 2. The molecule has 2 N–H and O–H groups in total. The van der Waals surface area contributed by atoms with Crippen LogP contribution in [0, 0.1) is 17.6 Å². The van der Waals surface area contributed by atoms with Gasteiger partial charge in [0.1, 0.15) is 16.5 Å². The lowest BCUT2D eigenvalue weighted by molar-refractivity contribution is -0.137. The molecular formula is C13H17F2NO4S. The Bertz CT molecular complexity index is 604. The molecule has 0 fully saturated rings. The van der Waals surface area contributed by atoms with Crippen molar-refractivity contribution in [2.24, 2.45) is 5.92 Å². The van der Waals surface area contributed by atoms with Gasteiger partial charge in [0.15, 0.2) is 0 Å². The summed E-state index contributed by atoms with van der Waals surface area (Å²) in [4.78, 5) is 9.79. The van der Waals surface area contributed by atoms with Crippen LogP contribution in [0.4, 0.5) is 8.78 Å². The van der Waals surface area contributed by atoms with Crippen LogP contribution in [0.2, 0.25) is 0 Å². The van der Waals surface area contributed by atoms with Crippen LogP contribution in [0.25, 0.3) is 0 Å². The quantitative estimate of drug-likeness (QED) is 0.768. The first-order chi connectivity index (χ1) is 9.72. The molecule has 0 heterocycles. The van der Waals surface area contributed by atoms with E-state index in [9.17, 15) is 22.0 Å². The third kappa shape index (κ3) is 5.76. The van der Waals surface area contributed by atoms with Crippen molar-refractivity contribution in [3.05, 3.63) is 29.8 Å². The van der Waals surface area contributed by atoms with Gasteiger partial charge in [-0.25, -0.2) is 21.9 Å². The molecule has 0 amide bonds. The molecule has 0 saturated heterocycles. The molecule has 0 aliphatic rings. The Morgan fingerprint density at radius 3 is 2.57 bits per heavy atom. The van der Waals surface area contributed by atoms with Crippen molar-refractivity contribution < 1.29 is 27.1 Å². The summed E-state index contributed by atoms with van der Waals surface area (Å²) in [5.41, 5.74) is 0. The largest absolute Gasteiger partial charge is 0.481 e. The Labute approximate surface area is 122 Å². The zero-order valence-corrected chi connectivity index (χ0v) is 12.3. The molecule has 0 saturated carbocycles. The second-order valence-electron chi connectivity index (χ2n) is 4.80. The molecule has 118 valence electrons. The van der Waals surface area contributed by atoms with E-state index in [1.54, 1.807) is 6.92 Å². The number of rotatable bonds is 8. The Morgan fingerprint density at radius 1 is 1.33 bits per heavy atom. The summed E-state index contributed by atoms with van der Waals surface area (Å²) >= 11 is 0. The molecule has 1 unspecified atom stereocenters. The number of carboxylic acid groups (broad SMARTS) is 1. The Hall–Kier alpha value is -1.54. The lowest BCUT2D eigenvalue weighted by atomic mass is 10.0. The first-order valence-corrected chi connectivity index (χ1v) is 7.87. The molecule has 8 heteroatoms. The van der Waals surface area contributed by atoms with Crippen molar-refractivity contribution in [1.29, 1.82) is 0 Å². The van der Waals surface area contributed by atoms with Gasteiger partial charge in [0, 0.05) is 19.0 Å². The van der Waals surface area contributed by atoms with Crippen LogP contribution in [-0.4, -0.2) is 26.0 Å². The lowest BCUT2D eigenvalue weighted by Gasteiger charge is -2.11. The highest BCUT2D eigenvalue weighted by Crippen LogP contribution is 2.16. The Morgan fingerprint density at radius 2 is 2.00 bits per heavy atom. The molecule has 1 aromatic carbocycles. The van der Waals surface area contributed by atoms with Gasteiger partial charge in [0.05, 0.1) is 0 Å². The lowest BCUT2D eigenvalue weighted by Crippen LogP contribution is -2.26. The maximum Gasteiger partial charge on any atom is 0.303 e. The third-order valence-electron chi connectivity index (χ3n) is 2.96. The van der Waals surface area contributed by atoms with Crippen LogP contribution in [0.5, 0.6) is 0 Å². The van der Waals surface area contributed by atoms with Gasteiger partial charge in [0.2, 0.25) is 10.0 Å². The van der Waals surface area contributed by atoms with Crippen molar-refractivity contribution in [2.75, 3.05) is 6.54 Å². The molecule has 5 nitrogen and oxygen atoms in total. The van der Waals surface area contributed by atoms with Crippen molar-refractivity contribution >= 4 is 16.0 Å². The van der Waals surface area contributed by atoms with Crippen molar-refractivity contribution in [3.8, 4) is 0 Å². The summed E-state index contributed by atoms with van der Waals surface area (Å²) in [5, 5.41) is 8.53. The SMILES string of the molecule is CC(CCNS(=O)(=O)c1ccc(F)cc1F)CCC(=O)O. The fourth-order valence-electron chi connectivity index (χ4n) is 1.72. The van der Waals surface area contributed by atoms with Gasteiger partial charge in [-0.3, -0.25) is 4.79 Å². The minimum atomic E-state index is -4.04. The molecule has 0 aliphatic carbocycles. The molecule has 1 atom stereocenters. The number of carbonyl (C=O) groups is 1. The van der Waals surface area contributed by atoms with Gasteiger partial charge in [0.25, 0.3) is 0 Å². The number of aliphatic carboxylic acids is 1. The minimum Gasteiger partial charge on any atom is -0.481 e. The summed E-state index contributed by atoms with van der Waals surface area (Å²) < 4.78 is 52.1. The second kappa shape index (κ2) is 7.46. The number of carboxylic acids is 1. The Balaban J connectivity index is 2.55. The van der Waals surface area contributed by atoms with Crippen LogP contribution in [0.15, 0.2) is 23.1 Å². The smallest absolute Gasteiger partial charge is 0.303 e. The minimum absolute atomic E-state index is 0.0144. The summed E-state index contributed by atoms with van der Waals surface area (Å²) in [6.45, 7) is 1.86. The highest BCUT2D eigenvalue weighted by Gasteiger charge is 2.19. The van der Waals surface area contributed by atoms with Gasteiger partial charge in [-0.2, -0.15) is 0 Å². The Kier molecular flexibility index (Phi) is 6.22. The number of hydrogen-bond acceptors (Lipinski definition) is 3. The fraction of sp³-hybridized carbons (Fsp3) is 0.462. The van der Waals surface area contributed by atoms with Crippen LogP contribution in [-0.2, 0) is 14.8 Å². The van der Waals surface area contributed by atoms with E-state index >= 15 is 0 Å². The summed E-state index contributed by atoms with van der Waals surface area (Å²) in [7, 11) is -4.04. The van der Waals surface area contributed by atoms with E-state index in [0.717, 1.165) is 12.1 Å². The summed E-state index contributed by atoms with van der Waals surface area (Å²) in [5.74, 6) is -2.90. The van der Waals surface area contributed by atoms with E-state index in [2.05, 4.69) is 4.72 Å². The standard InChI is InChI=1S/C13H17F2NO4S/c1-9(2-5-13(17)18)6-7-16-21(19,20)12-4-3-10(14)8-11(12)15/h3-4,8-9,16H,2,5-7H2,1H3,(H,17,18). The highest BCUT2D eigenvalue weighted by atomic mass is 32.2. The first-order valence-electron chi connectivity index (χ1n) is 6.39. The third-order valence-corrected chi connectivity index (χ3v) is 4.46. The fourth-order valence-corrected chi connectivity index (χ4v) is 2.83. The topological polar surface area (TPSA) is 83.5 Å².